The summed E-state index contributed by atoms with van der Waals surface area (Å²) in [7, 11) is 0. The largest absolute Gasteiger partial charge is 0.490 e. The molecule has 2 heterocycles. The van der Waals surface area contributed by atoms with E-state index in [1.807, 2.05) is 29.2 Å². The number of benzene rings is 1. The van der Waals surface area contributed by atoms with Crippen molar-refractivity contribution in [3.8, 4) is 5.75 Å². The third kappa shape index (κ3) is 2.98. The van der Waals surface area contributed by atoms with Gasteiger partial charge in [-0.1, -0.05) is 22.0 Å². The lowest BCUT2D eigenvalue weighted by Gasteiger charge is -2.25. The van der Waals surface area contributed by atoms with Gasteiger partial charge in [0, 0.05) is 16.7 Å². The Balaban J connectivity index is 1.21. The zero-order valence-electron chi connectivity index (χ0n) is 15.3. The molecule has 5 rings (SSSR count). The van der Waals surface area contributed by atoms with Gasteiger partial charge in [-0.05, 0) is 61.8 Å². The van der Waals surface area contributed by atoms with Crippen LogP contribution in [0, 0.1) is 18.4 Å². The van der Waals surface area contributed by atoms with Crippen LogP contribution in [0.4, 0.5) is 5.69 Å². The van der Waals surface area contributed by atoms with Gasteiger partial charge in [0.15, 0.2) is 0 Å². The van der Waals surface area contributed by atoms with Gasteiger partial charge in [0.05, 0.1) is 30.5 Å². The number of hydrogen-bond acceptors (Lipinski definition) is 3. The first-order valence-corrected chi connectivity index (χ1v) is 10.5. The number of ether oxygens (including phenoxy) is 1. The molecular weight excluding hydrogens is 418 g/mol. The third-order valence-corrected chi connectivity index (χ3v) is 7.07. The van der Waals surface area contributed by atoms with Crippen LogP contribution >= 0.6 is 15.9 Å². The van der Waals surface area contributed by atoms with E-state index in [4.69, 9.17) is 11.3 Å². The molecule has 6 heteroatoms. The Morgan fingerprint density at radius 1 is 1.18 bits per heavy atom. The highest BCUT2D eigenvalue weighted by Crippen LogP contribution is 2.48. The first-order chi connectivity index (χ1) is 13.6. The van der Waals surface area contributed by atoms with Crippen LogP contribution in [-0.2, 0) is 6.54 Å². The molecule has 142 valence electrons. The van der Waals surface area contributed by atoms with Crippen molar-refractivity contribution < 1.29 is 9.53 Å². The van der Waals surface area contributed by atoms with Gasteiger partial charge in [-0.15, -0.1) is 0 Å². The number of pyridine rings is 1. The lowest BCUT2D eigenvalue weighted by atomic mass is 10.0. The molecule has 3 aliphatic rings. The van der Waals surface area contributed by atoms with Gasteiger partial charge in [0.1, 0.15) is 5.75 Å². The molecule has 2 atom stereocenters. The van der Waals surface area contributed by atoms with E-state index >= 15 is 0 Å². The number of halogens is 1. The minimum Gasteiger partial charge on any atom is -0.490 e. The van der Waals surface area contributed by atoms with Gasteiger partial charge in [-0.3, -0.25) is 9.78 Å². The van der Waals surface area contributed by atoms with E-state index in [0.717, 1.165) is 47.2 Å². The predicted molar refractivity (Wildman–Crippen MR) is 108 cm³/mol. The summed E-state index contributed by atoms with van der Waals surface area (Å²) in [5.74, 6) is 2.19. The van der Waals surface area contributed by atoms with Crippen LogP contribution in [0.5, 0.6) is 5.75 Å². The summed E-state index contributed by atoms with van der Waals surface area (Å²) in [6.45, 7) is 7.79. The van der Waals surface area contributed by atoms with Crippen molar-refractivity contribution in [1.82, 2.24) is 9.88 Å². The van der Waals surface area contributed by atoms with E-state index in [0.29, 0.717) is 30.1 Å². The summed E-state index contributed by atoms with van der Waals surface area (Å²) >= 11 is 3.43. The Morgan fingerprint density at radius 3 is 2.64 bits per heavy atom. The fourth-order valence-corrected chi connectivity index (χ4v) is 5.61. The van der Waals surface area contributed by atoms with Crippen molar-refractivity contribution in [2.24, 2.45) is 11.8 Å². The molecule has 1 aromatic carbocycles. The molecule has 5 nitrogen and oxygen atoms in total. The summed E-state index contributed by atoms with van der Waals surface area (Å²) in [4.78, 5) is 22.6. The SMILES string of the molecule is [C-]#[N+]c1ccc(OC2CC3CC(N4Cc5ncccc5C4=O)CC3C2)cc1Br. The Hall–Kier alpha value is -2.39. The first-order valence-electron chi connectivity index (χ1n) is 9.71. The van der Waals surface area contributed by atoms with Crippen LogP contribution in [0.1, 0.15) is 41.7 Å². The number of hydrogen-bond donors (Lipinski definition) is 0. The fourth-order valence-electron chi connectivity index (χ4n) is 5.17. The van der Waals surface area contributed by atoms with Crippen LogP contribution in [0.2, 0.25) is 0 Å². The highest BCUT2D eigenvalue weighted by Gasteiger charge is 2.46. The number of aromatic nitrogens is 1. The molecule has 28 heavy (non-hydrogen) atoms. The Labute approximate surface area is 172 Å². The van der Waals surface area contributed by atoms with Gasteiger partial charge >= 0.3 is 0 Å². The molecule has 0 radical (unpaired) electrons. The second-order valence-electron chi connectivity index (χ2n) is 8.01. The number of nitrogens with zero attached hydrogens (tertiary/aromatic N) is 3. The van der Waals surface area contributed by atoms with Crippen LogP contribution in [0.3, 0.4) is 0 Å². The van der Waals surface area contributed by atoms with Crippen molar-refractivity contribution in [2.45, 2.75) is 44.4 Å². The molecule has 0 saturated heterocycles. The van der Waals surface area contributed by atoms with E-state index < -0.39 is 0 Å². The summed E-state index contributed by atoms with van der Waals surface area (Å²) in [6.07, 6.45) is 6.18. The van der Waals surface area contributed by atoms with Crippen molar-refractivity contribution >= 4 is 27.5 Å². The molecule has 2 aliphatic carbocycles. The van der Waals surface area contributed by atoms with Gasteiger partial charge < -0.3 is 9.64 Å². The van der Waals surface area contributed by atoms with E-state index in [-0.39, 0.29) is 12.0 Å². The second-order valence-corrected chi connectivity index (χ2v) is 8.87. The molecule has 0 spiro atoms. The van der Waals surface area contributed by atoms with E-state index in [2.05, 4.69) is 25.8 Å². The van der Waals surface area contributed by atoms with Crippen LogP contribution in [0.25, 0.3) is 4.85 Å². The topological polar surface area (TPSA) is 46.8 Å². The lowest BCUT2D eigenvalue weighted by Crippen LogP contribution is -2.34. The van der Waals surface area contributed by atoms with Gasteiger partial charge in [-0.2, -0.15) is 0 Å². The zero-order valence-corrected chi connectivity index (χ0v) is 16.9. The van der Waals surface area contributed by atoms with Gasteiger partial charge in [-0.25, -0.2) is 4.85 Å². The zero-order chi connectivity index (χ0) is 19.3. The smallest absolute Gasteiger partial charge is 0.256 e. The van der Waals surface area contributed by atoms with Crippen molar-refractivity contribution in [3.05, 3.63) is 63.7 Å². The van der Waals surface area contributed by atoms with Crippen molar-refractivity contribution in [1.29, 1.82) is 0 Å². The van der Waals surface area contributed by atoms with Gasteiger partial charge in [0.25, 0.3) is 5.91 Å². The van der Waals surface area contributed by atoms with Crippen molar-refractivity contribution in [2.75, 3.05) is 0 Å². The highest BCUT2D eigenvalue weighted by molar-refractivity contribution is 9.10. The molecule has 2 saturated carbocycles. The molecule has 2 unspecified atom stereocenters. The monoisotopic (exact) mass is 437 g/mol. The molecule has 0 N–H and O–H groups in total. The third-order valence-electron chi connectivity index (χ3n) is 6.43. The number of rotatable bonds is 3. The van der Waals surface area contributed by atoms with E-state index in [9.17, 15) is 4.79 Å². The molecule has 2 aromatic rings. The molecule has 2 fully saturated rings. The fraction of sp³-hybridized carbons (Fsp3) is 0.409. The minimum absolute atomic E-state index is 0.144. The van der Waals surface area contributed by atoms with Crippen LogP contribution < -0.4 is 4.74 Å². The quantitative estimate of drug-likeness (QED) is 0.635. The summed E-state index contributed by atoms with van der Waals surface area (Å²) < 4.78 is 6.98. The summed E-state index contributed by atoms with van der Waals surface area (Å²) in [6, 6.07) is 9.61. The summed E-state index contributed by atoms with van der Waals surface area (Å²) in [5, 5.41) is 0. The van der Waals surface area contributed by atoms with Crippen molar-refractivity contribution in [3.63, 3.8) is 0 Å². The maximum Gasteiger partial charge on any atom is 0.256 e. The van der Waals surface area contributed by atoms with E-state index in [1.165, 1.54) is 0 Å². The standard InChI is InChI=1S/C22H20BrN3O2/c1-24-20-5-4-16(11-19(20)23)28-17-9-13-7-15(8-14(13)10-17)26-12-21-18(22(26)27)3-2-6-25-21/h2-6,11,13-15,17H,7-10,12H2. The molecular formula is C22H20BrN3O2. The Kier molecular flexibility index (Phi) is 4.36. The molecule has 1 amide bonds. The van der Waals surface area contributed by atoms with E-state index in [1.54, 1.807) is 12.3 Å². The van der Waals surface area contributed by atoms with Crippen LogP contribution in [-0.4, -0.2) is 27.9 Å². The number of amides is 1. The van der Waals surface area contributed by atoms with Crippen LogP contribution in [0.15, 0.2) is 41.0 Å². The number of carbonyl (C=O) groups is 1. The molecule has 1 aliphatic heterocycles. The molecule has 1 aromatic heterocycles. The maximum atomic E-state index is 12.7. The number of carbonyl (C=O) groups excluding carboxylic acids is 1. The Bertz CT molecular complexity index is 972. The minimum atomic E-state index is 0.144. The maximum absolute atomic E-state index is 12.7. The normalized spacial score (nSPS) is 28.1. The second kappa shape index (κ2) is 6.89. The molecule has 0 bridgehead atoms. The number of fused-ring (bicyclic) bond motifs is 2. The highest BCUT2D eigenvalue weighted by atomic mass is 79.9. The average molecular weight is 438 g/mol. The predicted octanol–water partition coefficient (Wildman–Crippen LogP) is 4.99. The summed E-state index contributed by atoms with van der Waals surface area (Å²) in [5.41, 5.74) is 2.29. The average Bonchev–Trinajstić information content (AvgIpc) is 3.34. The lowest BCUT2D eigenvalue weighted by molar-refractivity contribution is 0.0693. The van der Waals surface area contributed by atoms with Gasteiger partial charge in [0.2, 0.25) is 5.69 Å². The Morgan fingerprint density at radius 2 is 1.96 bits per heavy atom. The first kappa shape index (κ1) is 17.7.